The number of hydrogen-bond acceptors (Lipinski definition) is 5. The topological polar surface area (TPSA) is 58.9 Å². The van der Waals surface area contributed by atoms with E-state index in [2.05, 4.69) is 32.6 Å². The van der Waals surface area contributed by atoms with Crippen LogP contribution in [0.15, 0.2) is 17.5 Å². The molecule has 8 heteroatoms. The molecular formula is C13H18N6S2. The highest BCUT2D eigenvalue weighted by molar-refractivity contribution is 7.80. The lowest BCUT2D eigenvalue weighted by atomic mass is 10.1. The van der Waals surface area contributed by atoms with Gasteiger partial charge in [0.15, 0.2) is 5.11 Å². The van der Waals surface area contributed by atoms with Crippen molar-refractivity contribution in [1.82, 2.24) is 30.4 Å². The summed E-state index contributed by atoms with van der Waals surface area (Å²) in [6.45, 7) is 4.80. The van der Waals surface area contributed by atoms with Gasteiger partial charge < -0.3 is 10.2 Å². The van der Waals surface area contributed by atoms with Gasteiger partial charge >= 0.3 is 0 Å². The van der Waals surface area contributed by atoms with E-state index in [0.29, 0.717) is 6.04 Å². The molecule has 1 aliphatic heterocycles. The molecule has 0 atom stereocenters. The predicted octanol–water partition coefficient (Wildman–Crippen LogP) is 1.93. The van der Waals surface area contributed by atoms with E-state index in [4.69, 9.17) is 12.2 Å². The molecule has 0 radical (unpaired) electrons. The fourth-order valence-corrected chi connectivity index (χ4v) is 3.42. The van der Waals surface area contributed by atoms with Gasteiger partial charge in [-0.25, -0.2) is 0 Å². The highest BCUT2D eigenvalue weighted by Crippen LogP contribution is 2.24. The number of rotatable bonds is 3. The normalized spacial score (nSPS) is 16.1. The zero-order valence-electron chi connectivity index (χ0n) is 11.9. The number of thiocarbonyl (C=S) groups is 1. The number of hydrogen-bond donors (Lipinski definition) is 1. The molecule has 21 heavy (non-hydrogen) atoms. The first-order chi connectivity index (χ1) is 10.3. The van der Waals surface area contributed by atoms with Crippen LogP contribution in [0.3, 0.4) is 0 Å². The van der Waals surface area contributed by atoms with Crippen LogP contribution in [0.2, 0.25) is 0 Å². The van der Waals surface area contributed by atoms with Gasteiger partial charge in [0.25, 0.3) is 0 Å². The quantitative estimate of drug-likeness (QED) is 0.872. The largest absolute Gasteiger partial charge is 0.363 e. The van der Waals surface area contributed by atoms with Crippen LogP contribution in [0.4, 0.5) is 0 Å². The van der Waals surface area contributed by atoms with Crippen molar-refractivity contribution in [3.8, 4) is 10.7 Å². The standard InChI is InChI=1S/C13H18N6S2/c1-2-14-13(20)18-7-5-10(6-8-18)19-16-12(15-17-19)11-4-3-9-21-11/h3-4,9-10H,2,5-8H2,1H3,(H,14,20). The van der Waals surface area contributed by atoms with Gasteiger partial charge in [-0.05, 0) is 48.6 Å². The molecule has 2 aromatic rings. The van der Waals surface area contributed by atoms with Crippen LogP contribution in [0, 0.1) is 0 Å². The summed E-state index contributed by atoms with van der Waals surface area (Å²) in [5.41, 5.74) is 0. The number of likely N-dealkylation sites (tertiary alicyclic amines) is 1. The number of aromatic nitrogens is 4. The molecule has 1 N–H and O–H groups in total. The molecule has 0 saturated carbocycles. The van der Waals surface area contributed by atoms with Gasteiger partial charge in [-0.15, -0.1) is 21.5 Å². The van der Waals surface area contributed by atoms with E-state index in [9.17, 15) is 0 Å². The summed E-state index contributed by atoms with van der Waals surface area (Å²) >= 11 is 6.99. The minimum atomic E-state index is 0.312. The van der Waals surface area contributed by atoms with Gasteiger partial charge in [0, 0.05) is 19.6 Å². The zero-order chi connectivity index (χ0) is 14.7. The molecule has 3 heterocycles. The van der Waals surface area contributed by atoms with E-state index < -0.39 is 0 Å². The molecule has 0 amide bonds. The molecule has 0 aliphatic carbocycles. The average molecular weight is 322 g/mol. The lowest BCUT2D eigenvalue weighted by Crippen LogP contribution is -2.44. The number of tetrazole rings is 1. The molecule has 1 saturated heterocycles. The molecule has 112 valence electrons. The van der Waals surface area contributed by atoms with Gasteiger partial charge in [0.2, 0.25) is 5.82 Å². The zero-order valence-corrected chi connectivity index (χ0v) is 13.5. The number of thiophene rings is 1. The molecule has 2 aromatic heterocycles. The number of piperidine rings is 1. The van der Waals surface area contributed by atoms with Crippen LogP contribution in [0.5, 0.6) is 0 Å². The Hall–Kier alpha value is -1.54. The molecule has 0 bridgehead atoms. The smallest absolute Gasteiger partial charge is 0.214 e. The predicted molar refractivity (Wildman–Crippen MR) is 87.2 cm³/mol. The van der Waals surface area contributed by atoms with Crippen molar-refractivity contribution in [2.45, 2.75) is 25.8 Å². The summed E-state index contributed by atoms with van der Waals surface area (Å²) in [5.74, 6) is 0.718. The Balaban J connectivity index is 1.61. The van der Waals surface area contributed by atoms with Crippen LogP contribution in [-0.4, -0.2) is 49.9 Å². The van der Waals surface area contributed by atoms with Crippen LogP contribution in [0.25, 0.3) is 10.7 Å². The first-order valence-corrected chi connectivity index (χ1v) is 8.43. The van der Waals surface area contributed by atoms with E-state index in [1.807, 2.05) is 17.5 Å². The first-order valence-electron chi connectivity index (χ1n) is 7.14. The Bertz CT molecular complexity index is 586. The minimum Gasteiger partial charge on any atom is -0.363 e. The second-order valence-corrected chi connectivity index (χ2v) is 6.30. The van der Waals surface area contributed by atoms with Crippen LogP contribution in [0.1, 0.15) is 25.8 Å². The maximum absolute atomic E-state index is 5.35. The van der Waals surface area contributed by atoms with Gasteiger partial charge in [-0.1, -0.05) is 6.07 Å². The third-order valence-corrected chi connectivity index (χ3v) is 4.84. The van der Waals surface area contributed by atoms with Crippen molar-refractivity contribution in [3.05, 3.63) is 17.5 Å². The second kappa shape index (κ2) is 6.48. The van der Waals surface area contributed by atoms with Crippen molar-refractivity contribution < 1.29 is 0 Å². The average Bonchev–Trinajstić information content (AvgIpc) is 3.19. The lowest BCUT2D eigenvalue weighted by molar-refractivity contribution is 0.234. The highest BCUT2D eigenvalue weighted by Gasteiger charge is 2.24. The Morgan fingerprint density at radius 3 is 2.95 bits per heavy atom. The SMILES string of the molecule is CCNC(=S)N1CCC(n2nnc(-c3cccs3)n2)CC1. The molecule has 0 unspecified atom stereocenters. The molecule has 0 spiro atoms. The summed E-state index contributed by atoms with van der Waals surface area (Å²) in [6.07, 6.45) is 1.98. The Morgan fingerprint density at radius 2 is 2.29 bits per heavy atom. The Labute approximate surface area is 133 Å². The number of nitrogens with zero attached hydrogens (tertiary/aromatic N) is 5. The molecule has 3 rings (SSSR count). The third kappa shape index (κ3) is 3.21. The van der Waals surface area contributed by atoms with E-state index in [1.54, 1.807) is 16.1 Å². The van der Waals surface area contributed by atoms with Gasteiger partial charge in [0.1, 0.15) is 0 Å². The monoisotopic (exact) mass is 322 g/mol. The van der Waals surface area contributed by atoms with E-state index >= 15 is 0 Å². The fraction of sp³-hybridized carbons (Fsp3) is 0.538. The second-order valence-electron chi connectivity index (χ2n) is 4.96. The van der Waals surface area contributed by atoms with Crippen molar-refractivity contribution in [1.29, 1.82) is 0 Å². The lowest BCUT2D eigenvalue weighted by Gasteiger charge is -2.32. The van der Waals surface area contributed by atoms with Crippen molar-refractivity contribution >= 4 is 28.7 Å². The Morgan fingerprint density at radius 1 is 1.48 bits per heavy atom. The molecule has 0 aromatic carbocycles. The van der Waals surface area contributed by atoms with Crippen LogP contribution < -0.4 is 5.32 Å². The van der Waals surface area contributed by atoms with Gasteiger partial charge in [-0.3, -0.25) is 0 Å². The molecular weight excluding hydrogens is 304 g/mol. The highest BCUT2D eigenvalue weighted by atomic mass is 32.1. The maximum atomic E-state index is 5.35. The first kappa shape index (κ1) is 14.4. The van der Waals surface area contributed by atoms with Gasteiger partial charge in [-0.2, -0.15) is 4.80 Å². The number of nitrogens with one attached hydrogen (secondary N) is 1. The molecule has 1 aliphatic rings. The summed E-state index contributed by atoms with van der Waals surface area (Å²) in [7, 11) is 0. The third-order valence-electron chi connectivity index (χ3n) is 3.58. The van der Waals surface area contributed by atoms with Crippen molar-refractivity contribution in [3.63, 3.8) is 0 Å². The van der Waals surface area contributed by atoms with E-state index in [-0.39, 0.29) is 0 Å². The minimum absolute atomic E-state index is 0.312. The van der Waals surface area contributed by atoms with E-state index in [0.717, 1.165) is 48.3 Å². The van der Waals surface area contributed by atoms with Gasteiger partial charge in [0.05, 0.1) is 10.9 Å². The summed E-state index contributed by atoms with van der Waals surface area (Å²) in [5, 5.41) is 19.0. The summed E-state index contributed by atoms with van der Waals surface area (Å²) in [4.78, 5) is 5.04. The van der Waals surface area contributed by atoms with Crippen molar-refractivity contribution in [2.75, 3.05) is 19.6 Å². The van der Waals surface area contributed by atoms with E-state index in [1.165, 1.54) is 0 Å². The molecule has 1 fully saturated rings. The van der Waals surface area contributed by atoms with Crippen LogP contribution >= 0.6 is 23.6 Å². The van der Waals surface area contributed by atoms with Crippen LogP contribution in [-0.2, 0) is 0 Å². The fourth-order valence-electron chi connectivity index (χ4n) is 2.45. The molecule has 6 nitrogen and oxygen atoms in total. The van der Waals surface area contributed by atoms with Crippen molar-refractivity contribution in [2.24, 2.45) is 0 Å². The maximum Gasteiger partial charge on any atom is 0.214 e. The summed E-state index contributed by atoms with van der Waals surface area (Å²) in [6, 6.07) is 4.33. The summed E-state index contributed by atoms with van der Waals surface area (Å²) < 4.78 is 0. The Kier molecular flexibility index (Phi) is 4.45.